The van der Waals surface area contributed by atoms with Crippen molar-refractivity contribution in [2.45, 2.75) is 20.8 Å². The van der Waals surface area contributed by atoms with Gasteiger partial charge in [-0.25, -0.2) is 0 Å². The predicted molar refractivity (Wildman–Crippen MR) is 86.3 cm³/mol. The van der Waals surface area contributed by atoms with E-state index in [1.807, 2.05) is 26.8 Å². The molecule has 1 aromatic rings. The molecular formula is C17H22N2O2. The van der Waals surface area contributed by atoms with Gasteiger partial charge in [-0.3, -0.25) is 9.59 Å². The lowest BCUT2D eigenvalue weighted by molar-refractivity contribution is -0.111. The van der Waals surface area contributed by atoms with Crippen molar-refractivity contribution in [3.8, 4) is 0 Å². The summed E-state index contributed by atoms with van der Waals surface area (Å²) < 4.78 is 0. The lowest BCUT2D eigenvalue weighted by Gasteiger charge is -2.18. The maximum Gasteiger partial charge on any atom is 0.253 e. The van der Waals surface area contributed by atoms with E-state index in [2.05, 4.69) is 5.32 Å². The standard InChI is InChI=1S/C17H22N2O2/c1-4-7-8-9-16(20)18-15-12-10-14(11-13-15)17(21)19(5-2)6-3/h4,7-13H,5-6H2,1-3H3,(H,18,20)/b7-4+,9-8+. The number of anilines is 1. The normalized spacial score (nSPS) is 11.0. The highest BCUT2D eigenvalue weighted by molar-refractivity contribution is 6.00. The Kier molecular flexibility index (Phi) is 6.95. The van der Waals surface area contributed by atoms with Crippen molar-refractivity contribution in [2.24, 2.45) is 0 Å². The van der Waals surface area contributed by atoms with Gasteiger partial charge in [0.15, 0.2) is 0 Å². The molecule has 0 aliphatic rings. The van der Waals surface area contributed by atoms with E-state index in [9.17, 15) is 9.59 Å². The largest absolute Gasteiger partial charge is 0.339 e. The molecule has 0 aliphatic carbocycles. The molecule has 1 rings (SSSR count). The second-order valence-electron chi connectivity index (χ2n) is 4.43. The summed E-state index contributed by atoms with van der Waals surface area (Å²) in [5, 5.41) is 2.74. The molecule has 0 spiro atoms. The van der Waals surface area contributed by atoms with Gasteiger partial charge in [-0.05, 0) is 45.0 Å². The van der Waals surface area contributed by atoms with E-state index in [4.69, 9.17) is 0 Å². The van der Waals surface area contributed by atoms with Gasteiger partial charge in [0.25, 0.3) is 5.91 Å². The fraction of sp³-hybridized carbons (Fsp3) is 0.294. The number of carbonyl (C=O) groups is 2. The summed E-state index contributed by atoms with van der Waals surface area (Å²) in [6.07, 6.45) is 6.76. The zero-order valence-electron chi connectivity index (χ0n) is 12.8. The van der Waals surface area contributed by atoms with Crippen LogP contribution in [0.4, 0.5) is 5.69 Å². The molecule has 0 radical (unpaired) electrons. The molecule has 0 bridgehead atoms. The average Bonchev–Trinajstić information content (AvgIpc) is 2.49. The summed E-state index contributed by atoms with van der Waals surface area (Å²) in [5.41, 5.74) is 1.29. The first-order valence-corrected chi connectivity index (χ1v) is 7.12. The number of nitrogens with zero attached hydrogens (tertiary/aromatic N) is 1. The summed E-state index contributed by atoms with van der Waals surface area (Å²) >= 11 is 0. The topological polar surface area (TPSA) is 49.4 Å². The summed E-state index contributed by atoms with van der Waals surface area (Å²) in [7, 11) is 0. The van der Waals surface area contributed by atoms with Crippen LogP contribution in [0.5, 0.6) is 0 Å². The van der Waals surface area contributed by atoms with Gasteiger partial charge in [0.05, 0.1) is 0 Å². The van der Waals surface area contributed by atoms with Gasteiger partial charge >= 0.3 is 0 Å². The Bertz CT molecular complexity index is 526. The van der Waals surface area contributed by atoms with Gasteiger partial charge in [0.2, 0.25) is 5.91 Å². The quantitative estimate of drug-likeness (QED) is 0.644. The predicted octanol–water partition coefficient (Wildman–Crippen LogP) is 3.24. The number of hydrogen-bond acceptors (Lipinski definition) is 2. The van der Waals surface area contributed by atoms with Gasteiger partial charge < -0.3 is 10.2 Å². The Morgan fingerprint density at radius 3 is 2.24 bits per heavy atom. The van der Waals surface area contributed by atoms with Crippen molar-refractivity contribution >= 4 is 17.5 Å². The Balaban J connectivity index is 2.70. The minimum Gasteiger partial charge on any atom is -0.339 e. The maximum atomic E-state index is 12.1. The van der Waals surface area contributed by atoms with Crippen molar-refractivity contribution in [1.82, 2.24) is 4.90 Å². The van der Waals surface area contributed by atoms with E-state index in [0.29, 0.717) is 24.3 Å². The van der Waals surface area contributed by atoms with E-state index < -0.39 is 0 Å². The molecule has 0 heterocycles. The molecule has 1 N–H and O–H groups in total. The van der Waals surface area contributed by atoms with Crippen LogP contribution < -0.4 is 5.32 Å². The molecule has 4 nitrogen and oxygen atoms in total. The third-order valence-electron chi connectivity index (χ3n) is 3.00. The van der Waals surface area contributed by atoms with Crippen molar-refractivity contribution in [1.29, 1.82) is 0 Å². The molecular weight excluding hydrogens is 264 g/mol. The first-order valence-electron chi connectivity index (χ1n) is 7.12. The molecule has 4 heteroatoms. The molecule has 0 aliphatic heterocycles. The van der Waals surface area contributed by atoms with Crippen molar-refractivity contribution < 1.29 is 9.59 Å². The SMILES string of the molecule is C/C=C/C=C/C(=O)Nc1ccc(C(=O)N(CC)CC)cc1. The Labute approximate surface area is 126 Å². The van der Waals surface area contributed by atoms with Gasteiger partial charge in [0, 0.05) is 30.4 Å². The van der Waals surface area contributed by atoms with Crippen molar-refractivity contribution in [3.05, 3.63) is 54.1 Å². The highest BCUT2D eigenvalue weighted by Crippen LogP contribution is 2.11. The van der Waals surface area contributed by atoms with Gasteiger partial charge in [-0.15, -0.1) is 0 Å². The number of nitrogens with one attached hydrogen (secondary N) is 1. The molecule has 0 aromatic heterocycles. The Hall–Kier alpha value is -2.36. The number of benzene rings is 1. The van der Waals surface area contributed by atoms with Crippen LogP contribution in [-0.4, -0.2) is 29.8 Å². The van der Waals surface area contributed by atoms with Crippen LogP contribution in [0.25, 0.3) is 0 Å². The third kappa shape index (κ3) is 5.26. The molecule has 0 saturated heterocycles. The maximum absolute atomic E-state index is 12.1. The molecule has 0 unspecified atom stereocenters. The average molecular weight is 286 g/mol. The first kappa shape index (κ1) is 16.7. The van der Waals surface area contributed by atoms with E-state index in [1.54, 1.807) is 41.3 Å². The number of rotatable bonds is 6. The highest BCUT2D eigenvalue weighted by atomic mass is 16.2. The lowest BCUT2D eigenvalue weighted by atomic mass is 10.1. The lowest BCUT2D eigenvalue weighted by Crippen LogP contribution is -2.30. The second-order valence-corrected chi connectivity index (χ2v) is 4.43. The minimum absolute atomic E-state index is 0.00542. The van der Waals surface area contributed by atoms with Crippen LogP contribution in [0.15, 0.2) is 48.6 Å². The van der Waals surface area contributed by atoms with Crippen LogP contribution in [0.1, 0.15) is 31.1 Å². The molecule has 0 atom stereocenters. The Morgan fingerprint density at radius 1 is 1.10 bits per heavy atom. The Morgan fingerprint density at radius 2 is 1.71 bits per heavy atom. The van der Waals surface area contributed by atoms with Crippen LogP contribution in [-0.2, 0) is 4.79 Å². The monoisotopic (exact) mass is 286 g/mol. The van der Waals surface area contributed by atoms with Gasteiger partial charge in [0.1, 0.15) is 0 Å². The van der Waals surface area contributed by atoms with Crippen LogP contribution in [0, 0.1) is 0 Å². The van der Waals surface area contributed by atoms with Crippen LogP contribution in [0.2, 0.25) is 0 Å². The van der Waals surface area contributed by atoms with Crippen LogP contribution in [0.3, 0.4) is 0 Å². The van der Waals surface area contributed by atoms with Crippen molar-refractivity contribution in [2.75, 3.05) is 18.4 Å². The number of hydrogen-bond donors (Lipinski definition) is 1. The highest BCUT2D eigenvalue weighted by Gasteiger charge is 2.11. The summed E-state index contributed by atoms with van der Waals surface area (Å²) in [6, 6.07) is 6.92. The van der Waals surface area contributed by atoms with Gasteiger partial charge in [-0.2, -0.15) is 0 Å². The summed E-state index contributed by atoms with van der Waals surface area (Å²) in [6.45, 7) is 7.15. The zero-order valence-corrected chi connectivity index (χ0v) is 12.8. The molecule has 0 fully saturated rings. The zero-order chi connectivity index (χ0) is 15.7. The molecule has 21 heavy (non-hydrogen) atoms. The summed E-state index contributed by atoms with van der Waals surface area (Å²) in [5.74, 6) is -0.193. The van der Waals surface area contributed by atoms with E-state index in [-0.39, 0.29) is 11.8 Å². The fourth-order valence-electron chi connectivity index (χ4n) is 1.83. The van der Waals surface area contributed by atoms with Crippen LogP contribution >= 0.6 is 0 Å². The number of carbonyl (C=O) groups excluding carboxylic acids is 2. The molecule has 112 valence electrons. The fourth-order valence-corrected chi connectivity index (χ4v) is 1.83. The van der Waals surface area contributed by atoms with Gasteiger partial charge in [-0.1, -0.05) is 18.2 Å². The van der Waals surface area contributed by atoms with Crippen molar-refractivity contribution in [3.63, 3.8) is 0 Å². The molecule has 2 amide bonds. The third-order valence-corrected chi connectivity index (χ3v) is 3.00. The first-order chi connectivity index (χ1) is 10.1. The number of allylic oxidation sites excluding steroid dienone is 3. The van der Waals surface area contributed by atoms with E-state index in [0.717, 1.165) is 0 Å². The minimum atomic E-state index is -0.198. The molecule has 1 aromatic carbocycles. The smallest absolute Gasteiger partial charge is 0.253 e. The van der Waals surface area contributed by atoms with E-state index >= 15 is 0 Å². The second kappa shape index (κ2) is 8.74. The molecule has 0 saturated carbocycles. The number of amides is 2. The summed E-state index contributed by atoms with van der Waals surface area (Å²) in [4.78, 5) is 25.5. The van der Waals surface area contributed by atoms with E-state index in [1.165, 1.54) is 6.08 Å².